The minimum absolute atomic E-state index is 0.234. The number of hydrogen-bond donors (Lipinski definition) is 2. The van der Waals surface area contributed by atoms with E-state index in [1.165, 1.54) is 17.4 Å². The molecule has 0 atom stereocenters. The Morgan fingerprint density at radius 1 is 1.33 bits per heavy atom. The van der Waals surface area contributed by atoms with E-state index in [0.717, 1.165) is 4.88 Å². The molecular weight excluding hydrogens is 253 g/mol. The van der Waals surface area contributed by atoms with Crippen LogP contribution >= 0.6 is 11.3 Å². The van der Waals surface area contributed by atoms with Gasteiger partial charge in [-0.25, -0.2) is 9.18 Å². The number of thiophene rings is 1. The maximum Gasteiger partial charge on any atom is 0.336 e. The van der Waals surface area contributed by atoms with Crippen LogP contribution in [0.4, 0.5) is 4.39 Å². The molecule has 5 heteroatoms. The number of hydrogen-bond acceptors (Lipinski definition) is 3. The van der Waals surface area contributed by atoms with E-state index in [-0.39, 0.29) is 5.82 Å². The lowest BCUT2D eigenvalue weighted by Gasteiger charge is -2.04. The molecule has 1 aromatic heterocycles. The Kier molecular flexibility index (Phi) is 4.07. The fourth-order valence-electron chi connectivity index (χ4n) is 1.55. The summed E-state index contributed by atoms with van der Waals surface area (Å²) in [7, 11) is 0. The van der Waals surface area contributed by atoms with Crippen molar-refractivity contribution in [3.63, 3.8) is 0 Å². The van der Waals surface area contributed by atoms with Gasteiger partial charge in [-0.2, -0.15) is 0 Å². The van der Waals surface area contributed by atoms with E-state index in [1.807, 2.05) is 0 Å². The van der Waals surface area contributed by atoms with Crippen molar-refractivity contribution < 1.29 is 14.3 Å². The lowest BCUT2D eigenvalue weighted by atomic mass is 10.2. The van der Waals surface area contributed by atoms with Gasteiger partial charge in [0.15, 0.2) is 0 Å². The van der Waals surface area contributed by atoms with Gasteiger partial charge in [-0.3, -0.25) is 0 Å². The van der Waals surface area contributed by atoms with Crippen molar-refractivity contribution in [2.45, 2.75) is 13.1 Å². The molecule has 0 aliphatic rings. The molecule has 0 unspecified atom stereocenters. The van der Waals surface area contributed by atoms with Crippen molar-refractivity contribution in [1.82, 2.24) is 5.32 Å². The molecule has 0 saturated carbocycles. The number of carboxylic acids is 1. The number of carbonyl (C=O) groups is 1. The maximum atomic E-state index is 13.3. The molecule has 0 aliphatic heterocycles. The highest BCUT2D eigenvalue weighted by atomic mass is 32.1. The van der Waals surface area contributed by atoms with Gasteiger partial charge in [0.2, 0.25) is 0 Å². The zero-order chi connectivity index (χ0) is 13.0. The van der Waals surface area contributed by atoms with E-state index in [0.29, 0.717) is 24.2 Å². The second-order valence-electron chi connectivity index (χ2n) is 3.80. The average molecular weight is 265 g/mol. The van der Waals surface area contributed by atoms with Gasteiger partial charge < -0.3 is 10.4 Å². The van der Waals surface area contributed by atoms with Gasteiger partial charge in [0.05, 0.1) is 5.56 Å². The Hall–Kier alpha value is -1.72. The van der Waals surface area contributed by atoms with E-state index >= 15 is 0 Å². The monoisotopic (exact) mass is 265 g/mol. The fourth-order valence-corrected chi connectivity index (χ4v) is 2.38. The first-order valence-corrected chi connectivity index (χ1v) is 6.29. The Labute approximate surface area is 108 Å². The van der Waals surface area contributed by atoms with Crippen LogP contribution in [0.2, 0.25) is 0 Å². The van der Waals surface area contributed by atoms with Gasteiger partial charge in [0.25, 0.3) is 0 Å². The zero-order valence-electron chi connectivity index (χ0n) is 9.52. The first-order chi connectivity index (χ1) is 8.66. The van der Waals surface area contributed by atoms with E-state index in [4.69, 9.17) is 5.11 Å². The first kappa shape index (κ1) is 12.7. The standard InChI is InChI=1S/C13H12FNO2S/c14-12-4-2-1-3-9(12)6-15-7-11-5-10(8-18-11)13(16)17/h1-5,8,15H,6-7H2,(H,16,17). The van der Waals surface area contributed by atoms with E-state index < -0.39 is 5.97 Å². The number of nitrogens with one attached hydrogen (secondary N) is 1. The normalized spacial score (nSPS) is 10.5. The second-order valence-corrected chi connectivity index (χ2v) is 4.80. The molecule has 0 amide bonds. The molecule has 3 nitrogen and oxygen atoms in total. The van der Waals surface area contributed by atoms with Gasteiger partial charge in [-0.05, 0) is 12.1 Å². The predicted octanol–water partition coefficient (Wildman–Crippen LogP) is 2.88. The molecule has 1 aromatic carbocycles. The summed E-state index contributed by atoms with van der Waals surface area (Å²) < 4.78 is 13.3. The molecule has 2 rings (SSSR count). The summed E-state index contributed by atoms with van der Waals surface area (Å²) >= 11 is 1.38. The van der Waals surface area contributed by atoms with Crippen molar-refractivity contribution in [1.29, 1.82) is 0 Å². The molecule has 0 spiro atoms. The molecular formula is C13H12FNO2S. The van der Waals surface area contributed by atoms with Crippen LogP contribution in [0.5, 0.6) is 0 Å². The number of benzene rings is 1. The summed E-state index contributed by atoms with van der Waals surface area (Å²) in [5.41, 5.74) is 0.898. The summed E-state index contributed by atoms with van der Waals surface area (Å²) in [4.78, 5) is 11.6. The highest BCUT2D eigenvalue weighted by Gasteiger charge is 2.06. The molecule has 0 radical (unpaired) electrons. The van der Waals surface area contributed by atoms with Crippen molar-refractivity contribution in [2.75, 3.05) is 0 Å². The van der Waals surface area contributed by atoms with Crippen molar-refractivity contribution >= 4 is 17.3 Å². The lowest BCUT2D eigenvalue weighted by Crippen LogP contribution is -2.12. The summed E-state index contributed by atoms with van der Waals surface area (Å²) in [5.74, 6) is -1.16. The Morgan fingerprint density at radius 3 is 2.78 bits per heavy atom. The fraction of sp³-hybridized carbons (Fsp3) is 0.154. The number of aromatic carboxylic acids is 1. The van der Waals surface area contributed by atoms with Crippen molar-refractivity contribution in [3.05, 3.63) is 57.5 Å². The van der Waals surface area contributed by atoms with Gasteiger partial charge >= 0.3 is 5.97 Å². The summed E-state index contributed by atoms with van der Waals surface area (Å²) in [5, 5.41) is 13.5. The SMILES string of the molecule is O=C(O)c1csc(CNCc2ccccc2F)c1. The average Bonchev–Trinajstić information content (AvgIpc) is 2.80. The quantitative estimate of drug-likeness (QED) is 0.874. The van der Waals surface area contributed by atoms with Crippen LogP contribution in [0.3, 0.4) is 0 Å². The number of halogens is 1. The molecule has 2 aromatic rings. The van der Waals surface area contributed by atoms with E-state index in [2.05, 4.69) is 5.32 Å². The minimum atomic E-state index is -0.924. The smallest absolute Gasteiger partial charge is 0.336 e. The van der Waals surface area contributed by atoms with Crippen molar-refractivity contribution in [3.8, 4) is 0 Å². The predicted molar refractivity (Wildman–Crippen MR) is 68.2 cm³/mol. The third-order valence-corrected chi connectivity index (χ3v) is 3.41. The van der Waals surface area contributed by atoms with E-state index in [9.17, 15) is 9.18 Å². The summed E-state index contributed by atoms with van der Waals surface area (Å²) in [6.45, 7) is 0.958. The topological polar surface area (TPSA) is 49.3 Å². The van der Waals surface area contributed by atoms with Crippen LogP contribution in [0.25, 0.3) is 0 Å². The van der Waals surface area contributed by atoms with Gasteiger partial charge in [-0.15, -0.1) is 11.3 Å². The Balaban J connectivity index is 1.88. The molecule has 94 valence electrons. The highest BCUT2D eigenvalue weighted by molar-refractivity contribution is 7.10. The van der Waals surface area contributed by atoms with Gasteiger partial charge in [-0.1, -0.05) is 18.2 Å². The second kappa shape index (κ2) is 5.75. The molecule has 0 bridgehead atoms. The molecule has 0 saturated heterocycles. The Bertz CT molecular complexity index is 553. The van der Waals surface area contributed by atoms with E-state index in [1.54, 1.807) is 29.6 Å². The molecule has 18 heavy (non-hydrogen) atoms. The first-order valence-electron chi connectivity index (χ1n) is 5.41. The molecule has 0 fully saturated rings. The van der Waals surface area contributed by atoms with Crippen LogP contribution in [0.1, 0.15) is 20.8 Å². The third-order valence-electron chi connectivity index (χ3n) is 2.47. The third kappa shape index (κ3) is 3.15. The largest absolute Gasteiger partial charge is 0.478 e. The lowest BCUT2D eigenvalue weighted by molar-refractivity contribution is 0.0697. The minimum Gasteiger partial charge on any atom is -0.478 e. The summed E-state index contributed by atoms with van der Waals surface area (Å²) in [6.07, 6.45) is 0. The van der Waals surface area contributed by atoms with Gasteiger partial charge in [0.1, 0.15) is 5.82 Å². The van der Waals surface area contributed by atoms with Crippen LogP contribution in [-0.4, -0.2) is 11.1 Å². The van der Waals surface area contributed by atoms with Crippen LogP contribution < -0.4 is 5.32 Å². The van der Waals surface area contributed by atoms with Crippen LogP contribution in [0, 0.1) is 5.82 Å². The van der Waals surface area contributed by atoms with Crippen molar-refractivity contribution in [2.24, 2.45) is 0 Å². The number of rotatable bonds is 5. The summed E-state index contributed by atoms with van der Waals surface area (Å²) in [6, 6.07) is 8.20. The molecule has 0 aliphatic carbocycles. The maximum absolute atomic E-state index is 13.3. The Morgan fingerprint density at radius 2 is 2.11 bits per heavy atom. The zero-order valence-corrected chi connectivity index (χ0v) is 10.3. The van der Waals surface area contributed by atoms with Crippen LogP contribution in [-0.2, 0) is 13.1 Å². The molecule has 1 heterocycles. The number of carboxylic acid groups (broad SMARTS) is 1. The molecule has 2 N–H and O–H groups in total. The van der Waals surface area contributed by atoms with Crippen LogP contribution in [0.15, 0.2) is 35.7 Å². The highest BCUT2D eigenvalue weighted by Crippen LogP contribution is 2.14. The van der Waals surface area contributed by atoms with Gasteiger partial charge in [0, 0.05) is 28.9 Å².